The van der Waals surface area contributed by atoms with E-state index in [1.165, 1.54) is 0 Å². The van der Waals surface area contributed by atoms with Gasteiger partial charge in [-0.3, -0.25) is 4.79 Å². The van der Waals surface area contributed by atoms with Crippen molar-refractivity contribution in [3.8, 4) is 5.75 Å². The van der Waals surface area contributed by atoms with E-state index in [0.29, 0.717) is 39.1 Å². The molecule has 1 aliphatic rings. The van der Waals surface area contributed by atoms with E-state index in [0.717, 1.165) is 5.56 Å². The van der Waals surface area contributed by atoms with Gasteiger partial charge in [-0.25, -0.2) is 0 Å². The molecule has 0 spiro atoms. The number of nitrogens with two attached hydrogens (primary N) is 1. The topological polar surface area (TPSA) is 75.8 Å². The molecule has 0 unspecified atom stereocenters. The molecule has 1 fully saturated rings. The zero-order valence-electron chi connectivity index (χ0n) is 11.8. The summed E-state index contributed by atoms with van der Waals surface area (Å²) in [4.78, 5) is 14.4. The first-order valence-corrected chi connectivity index (χ1v) is 6.89. The summed E-state index contributed by atoms with van der Waals surface area (Å²) >= 11 is 0. The zero-order chi connectivity index (χ0) is 14.6. The maximum Gasteiger partial charge on any atom is 0.230 e. The first-order valence-electron chi connectivity index (χ1n) is 6.89. The van der Waals surface area contributed by atoms with Crippen LogP contribution in [0.2, 0.25) is 0 Å². The second-order valence-electron chi connectivity index (χ2n) is 5.43. The van der Waals surface area contributed by atoms with Crippen LogP contribution in [0.1, 0.15) is 18.4 Å². The van der Waals surface area contributed by atoms with Gasteiger partial charge in [0, 0.05) is 33.4 Å². The molecule has 1 aromatic carbocycles. The van der Waals surface area contributed by atoms with E-state index in [1.54, 1.807) is 30.1 Å². The molecule has 1 saturated heterocycles. The van der Waals surface area contributed by atoms with E-state index in [1.807, 2.05) is 6.07 Å². The van der Waals surface area contributed by atoms with E-state index in [9.17, 15) is 9.90 Å². The predicted molar refractivity (Wildman–Crippen MR) is 76.1 cm³/mol. The predicted octanol–water partition coefficient (Wildman–Crippen LogP) is 1.11. The minimum atomic E-state index is -0.496. The molecule has 5 nitrogen and oxygen atoms in total. The van der Waals surface area contributed by atoms with Crippen LogP contribution >= 0.6 is 0 Å². The number of aromatic hydroxyl groups is 1. The van der Waals surface area contributed by atoms with E-state index in [2.05, 4.69) is 0 Å². The molecule has 1 amide bonds. The average molecular weight is 278 g/mol. The summed E-state index contributed by atoms with van der Waals surface area (Å²) in [5.74, 6) is 0.273. The Morgan fingerprint density at radius 2 is 2.15 bits per heavy atom. The highest BCUT2D eigenvalue weighted by Crippen LogP contribution is 2.31. The molecule has 0 atom stereocenters. The van der Waals surface area contributed by atoms with Gasteiger partial charge in [-0.05, 0) is 30.5 Å². The van der Waals surface area contributed by atoms with Gasteiger partial charge in [0.2, 0.25) is 5.91 Å². The van der Waals surface area contributed by atoms with Crippen molar-refractivity contribution < 1.29 is 14.6 Å². The highest BCUT2D eigenvalue weighted by Gasteiger charge is 2.40. The molecule has 1 aromatic rings. The van der Waals surface area contributed by atoms with Crippen molar-refractivity contribution in [1.29, 1.82) is 0 Å². The van der Waals surface area contributed by atoms with Gasteiger partial charge in [-0.1, -0.05) is 12.1 Å². The SMILES string of the molecule is CN(Cc1cccc(O)c1)C(=O)C1(CN)CCOCC1. The number of ether oxygens (including phenoxy) is 1. The lowest BCUT2D eigenvalue weighted by atomic mass is 9.79. The number of carbonyl (C=O) groups is 1. The maximum atomic E-state index is 12.7. The molecular weight excluding hydrogens is 256 g/mol. The molecule has 0 bridgehead atoms. The lowest BCUT2D eigenvalue weighted by Gasteiger charge is -2.37. The molecule has 1 heterocycles. The van der Waals surface area contributed by atoms with Crippen molar-refractivity contribution in [2.24, 2.45) is 11.1 Å². The summed E-state index contributed by atoms with van der Waals surface area (Å²) in [5, 5.41) is 9.47. The second kappa shape index (κ2) is 6.24. The molecule has 0 radical (unpaired) electrons. The Balaban J connectivity index is 2.07. The van der Waals surface area contributed by atoms with Crippen molar-refractivity contribution >= 4 is 5.91 Å². The third-order valence-corrected chi connectivity index (χ3v) is 3.97. The molecule has 0 saturated carbocycles. The number of rotatable bonds is 4. The Hall–Kier alpha value is -1.59. The molecule has 110 valence electrons. The molecule has 20 heavy (non-hydrogen) atoms. The zero-order valence-corrected chi connectivity index (χ0v) is 11.8. The van der Waals surface area contributed by atoms with Crippen LogP contribution < -0.4 is 5.73 Å². The third-order valence-electron chi connectivity index (χ3n) is 3.97. The summed E-state index contributed by atoms with van der Waals surface area (Å²) in [5.41, 5.74) is 6.26. The molecular formula is C15H22N2O3. The fourth-order valence-electron chi connectivity index (χ4n) is 2.67. The molecule has 5 heteroatoms. The third kappa shape index (κ3) is 3.11. The largest absolute Gasteiger partial charge is 0.508 e. The number of hydrogen-bond acceptors (Lipinski definition) is 4. The fourth-order valence-corrected chi connectivity index (χ4v) is 2.67. The minimum Gasteiger partial charge on any atom is -0.508 e. The van der Waals surface area contributed by atoms with Gasteiger partial charge in [-0.15, -0.1) is 0 Å². The summed E-state index contributed by atoms with van der Waals surface area (Å²) in [6.07, 6.45) is 1.35. The lowest BCUT2D eigenvalue weighted by Crippen LogP contribution is -2.49. The van der Waals surface area contributed by atoms with Crippen LogP contribution in [0.4, 0.5) is 0 Å². The quantitative estimate of drug-likeness (QED) is 0.865. The van der Waals surface area contributed by atoms with E-state index in [4.69, 9.17) is 10.5 Å². The van der Waals surface area contributed by atoms with Crippen LogP contribution in [0.5, 0.6) is 5.75 Å². The molecule has 0 aromatic heterocycles. The number of amides is 1. The number of nitrogens with zero attached hydrogens (tertiary/aromatic N) is 1. The maximum absolute atomic E-state index is 12.7. The highest BCUT2D eigenvalue weighted by molar-refractivity contribution is 5.83. The van der Waals surface area contributed by atoms with Crippen LogP contribution in [0, 0.1) is 5.41 Å². The fraction of sp³-hybridized carbons (Fsp3) is 0.533. The van der Waals surface area contributed by atoms with Crippen molar-refractivity contribution in [2.45, 2.75) is 19.4 Å². The number of phenolic OH excluding ortho intramolecular Hbond substituents is 1. The molecule has 1 aliphatic heterocycles. The van der Waals surface area contributed by atoms with E-state index < -0.39 is 5.41 Å². The number of hydrogen-bond donors (Lipinski definition) is 2. The second-order valence-corrected chi connectivity index (χ2v) is 5.43. The summed E-state index contributed by atoms with van der Waals surface area (Å²) in [6, 6.07) is 6.95. The Labute approximate surface area is 119 Å². The Kier molecular flexibility index (Phi) is 4.62. The first kappa shape index (κ1) is 14.8. The molecule has 0 aliphatic carbocycles. The van der Waals surface area contributed by atoms with Gasteiger partial charge < -0.3 is 20.5 Å². The van der Waals surface area contributed by atoms with Crippen LogP contribution in [-0.2, 0) is 16.1 Å². The Bertz CT molecular complexity index is 470. The summed E-state index contributed by atoms with van der Waals surface area (Å²) in [7, 11) is 1.78. The number of phenols is 1. The lowest BCUT2D eigenvalue weighted by molar-refractivity contribution is -0.146. The minimum absolute atomic E-state index is 0.0617. The monoisotopic (exact) mass is 278 g/mol. The van der Waals surface area contributed by atoms with Crippen molar-refractivity contribution in [1.82, 2.24) is 4.90 Å². The van der Waals surface area contributed by atoms with E-state index >= 15 is 0 Å². The highest BCUT2D eigenvalue weighted by atomic mass is 16.5. The number of benzene rings is 1. The van der Waals surface area contributed by atoms with Crippen molar-refractivity contribution in [2.75, 3.05) is 26.8 Å². The van der Waals surface area contributed by atoms with Gasteiger partial charge in [0.25, 0.3) is 0 Å². The number of carbonyl (C=O) groups excluding carboxylic acids is 1. The molecule has 2 rings (SSSR count). The normalized spacial score (nSPS) is 17.7. The summed E-state index contributed by atoms with van der Waals surface area (Å²) in [6.45, 7) is 1.99. The Morgan fingerprint density at radius 1 is 1.45 bits per heavy atom. The van der Waals surface area contributed by atoms with Crippen LogP contribution in [0.25, 0.3) is 0 Å². The van der Waals surface area contributed by atoms with Crippen molar-refractivity contribution in [3.63, 3.8) is 0 Å². The first-order chi connectivity index (χ1) is 9.57. The van der Waals surface area contributed by atoms with E-state index in [-0.39, 0.29) is 11.7 Å². The van der Waals surface area contributed by atoms with Gasteiger partial charge in [0.15, 0.2) is 0 Å². The average Bonchev–Trinajstić information content (AvgIpc) is 2.47. The van der Waals surface area contributed by atoms with Gasteiger partial charge in [0.1, 0.15) is 5.75 Å². The molecule has 3 N–H and O–H groups in total. The van der Waals surface area contributed by atoms with Crippen LogP contribution in [-0.4, -0.2) is 42.7 Å². The van der Waals surface area contributed by atoms with Crippen LogP contribution in [0.15, 0.2) is 24.3 Å². The standard InChI is InChI=1S/C15H22N2O3/c1-17(10-12-3-2-4-13(18)9-12)14(19)15(11-16)5-7-20-8-6-15/h2-4,9,18H,5-8,10-11,16H2,1H3. The van der Waals surface area contributed by atoms with Crippen molar-refractivity contribution in [3.05, 3.63) is 29.8 Å². The smallest absolute Gasteiger partial charge is 0.230 e. The van der Waals surface area contributed by atoms with Crippen LogP contribution in [0.3, 0.4) is 0 Å². The van der Waals surface area contributed by atoms with Gasteiger partial charge >= 0.3 is 0 Å². The Morgan fingerprint density at radius 3 is 2.75 bits per heavy atom. The summed E-state index contributed by atoms with van der Waals surface area (Å²) < 4.78 is 5.33. The van der Waals surface area contributed by atoms with Gasteiger partial charge in [0.05, 0.1) is 5.41 Å². The van der Waals surface area contributed by atoms with Gasteiger partial charge in [-0.2, -0.15) is 0 Å².